The molecule has 1 amide bonds. The molecule has 13 nitrogen and oxygen atoms in total. The molecule has 2 N–H and O–H groups in total. The highest BCUT2D eigenvalue weighted by Crippen LogP contribution is 2.30. The molecule has 0 spiro atoms. The molecule has 0 aliphatic carbocycles. The molecule has 1 aromatic heterocycles. The van der Waals surface area contributed by atoms with Crippen LogP contribution in [-0.4, -0.2) is 98.2 Å². The average molecular weight is 726 g/mol. The number of hydrogen-bond acceptors (Lipinski definition) is 9. The minimum atomic E-state index is -4.02. The van der Waals surface area contributed by atoms with Crippen molar-refractivity contribution in [3.05, 3.63) is 65.6 Å². The number of aryl methyl sites for hydroxylation is 1. The average Bonchev–Trinajstić information content (AvgIpc) is 3.49. The topological polar surface area (TPSA) is 160 Å². The van der Waals surface area contributed by atoms with Crippen LogP contribution in [0.3, 0.4) is 0 Å². The molecule has 2 aromatic carbocycles. The van der Waals surface area contributed by atoms with Crippen molar-refractivity contribution in [2.75, 3.05) is 38.1 Å². The van der Waals surface area contributed by atoms with Gasteiger partial charge in [-0.2, -0.15) is 4.31 Å². The van der Waals surface area contributed by atoms with Crippen LogP contribution in [0.2, 0.25) is 5.02 Å². The van der Waals surface area contributed by atoms with Crippen molar-refractivity contribution in [2.45, 2.75) is 68.2 Å². The Kier molecular flexibility index (Phi) is 12.5. The Labute approximate surface area is 287 Å². The maximum absolute atomic E-state index is 14.3. The summed E-state index contributed by atoms with van der Waals surface area (Å²) in [7, 11) is -4.78. The SMILES string of the molecule is C[C@@H]1CCCCO[C@H](CN(C)S(=O)(=O)c2cn(C)cn2)[C@H](C)CN([C@H](C)CO)C(=O)c2cc(NS(=O)(=O)c3ccc(Cl)cc3)ccc2O1. The molecule has 0 unspecified atom stereocenters. The Morgan fingerprint density at radius 2 is 1.83 bits per heavy atom. The highest BCUT2D eigenvalue weighted by molar-refractivity contribution is 7.92. The Bertz CT molecular complexity index is 1770. The van der Waals surface area contributed by atoms with E-state index in [9.17, 15) is 26.7 Å². The molecule has 1 aliphatic heterocycles. The molecule has 0 saturated carbocycles. The third kappa shape index (κ3) is 9.27. The number of hydrogen-bond donors (Lipinski definition) is 2. The van der Waals surface area contributed by atoms with E-state index in [1.807, 2.05) is 13.8 Å². The second-order valence-corrected chi connectivity index (χ2v) is 16.3. The first-order valence-corrected chi connectivity index (χ1v) is 19.0. The van der Waals surface area contributed by atoms with Gasteiger partial charge in [0.05, 0.1) is 41.6 Å². The van der Waals surface area contributed by atoms with E-state index in [1.165, 1.54) is 65.2 Å². The summed E-state index contributed by atoms with van der Waals surface area (Å²) in [6.45, 7) is 5.55. The third-order valence-electron chi connectivity index (χ3n) is 8.22. The molecule has 4 atom stereocenters. The second kappa shape index (κ2) is 16.0. The van der Waals surface area contributed by atoms with Crippen LogP contribution in [0.25, 0.3) is 0 Å². The number of aromatic nitrogens is 2. The van der Waals surface area contributed by atoms with E-state index in [0.717, 1.165) is 6.42 Å². The number of amides is 1. The van der Waals surface area contributed by atoms with E-state index < -0.39 is 38.1 Å². The third-order valence-corrected chi connectivity index (χ3v) is 11.6. The summed E-state index contributed by atoms with van der Waals surface area (Å²) in [5.74, 6) is -0.610. The fraction of sp³-hybridized carbons (Fsp3) is 0.500. The lowest BCUT2D eigenvalue weighted by Crippen LogP contribution is -2.48. The van der Waals surface area contributed by atoms with Crippen LogP contribution in [0.5, 0.6) is 5.75 Å². The number of aliphatic hydroxyl groups excluding tert-OH is 1. The van der Waals surface area contributed by atoms with Gasteiger partial charge in [0.15, 0.2) is 5.03 Å². The molecule has 48 heavy (non-hydrogen) atoms. The first-order chi connectivity index (χ1) is 22.6. The minimum absolute atomic E-state index is 0.00232. The smallest absolute Gasteiger partial charge is 0.261 e. The predicted molar refractivity (Wildman–Crippen MR) is 182 cm³/mol. The van der Waals surface area contributed by atoms with Crippen LogP contribution >= 0.6 is 11.6 Å². The number of anilines is 1. The fourth-order valence-electron chi connectivity index (χ4n) is 5.31. The van der Waals surface area contributed by atoms with Gasteiger partial charge in [0.1, 0.15) is 5.75 Å². The first kappa shape index (κ1) is 37.6. The van der Waals surface area contributed by atoms with Crippen LogP contribution < -0.4 is 9.46 Å². The van der Waals surface area contributed by atoms with E-state index in [-0.39, 0.29) is 58.6 Å². The predicted octanol–water partition coefficient (Wildman–Crippen LogP) is 3.99. The van der Waals surface area contributed by atoms with E-state index in [2.05, 4.69) is 9.71 Å². The largest absolute Gasteiger partial charge is 0.490 e. The van der Waals surface area contributed by atoms with Crippen LogP contribution in [-0.2, 0) is 31.8 Å². The molecule has 3 aromatic rings. The fourth-order valence-corrected chi connectivity index (χ4v) is 7.63. The number of carbonyl (C=O) groups excluding carboxylic acids is 1. The summed E-state index contributed by atoms with van der Waals surface area (Å²) >= 11 is 5.94. The van der Waals surface area contributed by atoms with Crippen LogP contribution in [0.15, 0.2) is 64.9 Å². The summed E-state index contributed by atoms with van der Waals surface area (Å²) in [6.07, 6.45) is 4.04. The van der Waals surface area contributed by atoms with Crippen molar-refractivity contribution in [1.29, 1.82) is 0 Å². The van der Waals surface area contributed by atoms with E-state index in [4.69, 9.17) is 21.1 Å². The van der Waals surface area contributed by atoms with Crippen molar-refractivity contribution in [3.8, 4) is 5.75 Å². The molecule has 264 valence electrons. The molecular formula is C32H44ClN5O8S2. The van der Waals surface area contributed by atoms with Gasteiger partial charge >= 0.3 is 0 Å². The molecule has 4 rings (SSSR count). The number of halogens is 1. The molecule has 0 bridgehead atoms. The lowest BCUT2D eigenvalue weighted by atomic mass is 10.0. The number of imidazole rings is 1. The Hall–Kier alpha value is -3.21. The number of likely N-dealkylation sites (N-methyl/N-ethyl adjacent to an activating group) is 1. The number of sulfonamides is 2. The Morgan fingerprint density at radius 3 is 2.48 bits per heavy atom. The zero-order valence-corrected chi connectivity index (χ0v) is 30.1. The maximum Gasteiger partial charge on any atom is 0.261 e. The van der Waals surface area contributed by atoms with Crippen LogP contribution in [0, 0.1) is 5.92 Å². The highest BCUT2D eigenvalue weighted by atomic mass is 35.5. The Balaban J connectivity index is 1.68. The number of aliphatic hydroxyl groups is 1. The Morgan fingerprint density at radius 1 is 1.12 bits per heavy atom. The molecule has 2 heterocycles. The summed E-state index contributed by atoms with van der Waals surface area (Å²) in [5.41, 5.74) is 0.247. The van der Waals surface area contributed by atoms with E-state index in [1.54, 1.807) is 24.6 Å². The standard InChI is InChI=1S/C32H44ClN5O8S2/c1-22-17-38(23(2)20-39)32(40)28-16-26(35-47(41,42)27-12-9-25(33)10-13-27)11-14-29(28)46-24(3)8-6-7-15-45-30(22)18-37(5)48(43,44)31-19-36(4)21-34-31/h9-14,16,19,21-24,30,35,39H,6-8,15,17-18,20H2,1-5H3/t22-,23-,24-,30-/m1/s1. The number of nitrogens with one attached hydrogen (secondary N) is 1. The van der Waals surface area contributed by atoms with Crippen molar-refractivity contribution in [1.82, 2.24) is 18.8 Å². The minimum Gasteiger partial charge on any atom is -0.490 e. The van der Waals surface area contributed by atoms with Gasteiger partial charge in [-0.1, -0.05) is 18.5 Å². The lowest BCUT2D eigenvalue weighted by Gasteiger charge is -2.35. The van der Waals surface area contributed by atoms with Gasteiger partial charge in [-0.25, -0.2) is 21.8 Å². The number of benzene rings is 2. The van der Waals surface area contributed by atoms with Gasteiger partial charge in [-0.05, 0) is 75.6 Å². The van der Waals surface area contributed by atoms with Crippen molar-refractivity contribution in [3.63, 3.8) is 0 Å². The molecule has 16 heteroatoms. The summed E-state index contributed by atoms with van der Waals surface area (Å²) in [4.78, 5) is 19.8. The van der Waals surface area contributed by atoms with Crippen molar-refractivity contribution >= 4 is 43.2 Å². The molecule has 1 aliphatic rings. The summed E-state index contributed by atoms with van der Waals surface area (Å²) < 4.78 is 70.7. The number of ether oxygens (including phenoxy) is 2. The van der Waals surface area contributed by atoms with Crippen molar-refractivity contribution < 1.29 is 36.2 Å². The van der Waals surface area contributed by atoms with Gasteiger partial charge in [0.25, 0.3) is 26.0 Å². The zero-order chi connectivity index (χ0) is 35.2. The number of nitrogens with zero attached hydrogens (tertiary/aromatic N) is 4. The molecular weight excluding hydrogens is 682 g/mol. The molecule has 0 radical (unpaired) electrons. The van der Waals surface area contributed by atoms with Gasteiger partial charge in [0, 0.05) is 56.6 Å². The van der Waals surface area contributed by atoms with Gasteiger partial charge < -0.3 is 24.0 Å². The maximum atomic E-state index is 14.3. The number of carbonyl (C=O) groups is 1. The highest BCUT2D eigenvalue weighted by Gasteiger charge is 2.33. The van der Waals surface area contributed by atoms with E-state index in [0.29, 0.717) is 24.5 Å². The summed E-state index contributed by atoms with van der Waals surface area (Å²) in [5, 5.41) is 10.5. The number of fused-ring (bicyclic) bond motifs is 1. The van der Waals surface area contributed by atoms with Gasteiger partial charge in [-0.3, -0.25) is 9.52 Å². The monoisotopic (exact) mass is 725 g/mol. The first-order valence-electron chi connectivity index (χ1n) is 15.7. The number of rotatable bonds is 9. The lowest BCUT2D eigenvalue weighted by molar-refractivity contribution is -0.00835. The van der Waals surface area contributed by atoms with Crippen LogP contribution in [0.1, 0.15) is 50.4 Å². The van der Waals surface area contributed by atoms with Crippen molar-refractivity contribution in [2.24, 2.45) is 13.0 Å². The molecule has 0 fully saturated rings. The van der Waals surface area contributed by atoms with Gasteiger partial charge in [0.2, 0.25) is 0 Å². The zero-order valence-electron chi connectivity index (χ0n) is 27.7. The van der Waals surface area contributed by atoms with Gasteiger partial charge in [-0.15, -0.1) is 0 Å². The summed E-state index contributed by atoms with van der Waals surface area (Å²) in [6, 6.07) is 9.55. The second-order valence-electron chi connectivity index (χ2n) is 12.2. The molecule has 0 saturated heterocycles. The van der Waals surface area contributed by atoms with E-state index >= 15 is 0 Å². The quantitative estimate of drug-likeness (QED) is 0.333. The normalized spacial score (nSPS) is 20.9. The van der Waals surface area contributed by atoms with Crippen LogP contribution in [0.4, 0.5) is 5.69 Å².